The van der Waals surface area contributed by atoms with E-state index in [2.05, 4.69) is 24.1 Å². The Bertz CT molecular complexity index is 881. The van der Waals surface area contributed by atoms with E-state index < -0.39 is 0 Å². The molecule has 0 radical (unpaired) electrons. The second kappa shape index (κ2) is 8.58. The third-order valence-corrected chi connectivity index (χ3v) is 4.67. The first-order chi connectivity index (χ1) is 13.0. The van der Waals surface area contributed by atoms with E-state index in [1.807, 2.05) is 12.1 Å². The molecule has 146 valence electrons. The molecule has 1 aromatic carbocycles. The standard InChI is InChI=1S/C19H25N3O4S/c1-12(2)10-20-19(27)22(3-4-23)11-14-7-13-8-16-17(26-6-5-25-16)9-15(13)21-18(14)24/h7-9,12,23H,3-6,10-11H2,1-2H3,(H,20,27)(H,21,24). The molecule has 1 aromatic heterocycles. The molecule has 0 atom stereocenters. The molecule has 0 saturated heterocycles. The molecule has 0 fully saturated rings. The quantitative estimate of drug-likeness (QED) is 0.645. The molecular weight excluding hydrogens is 366 g/mol. The molecule has 1 aliphatic heterocycles. The predicted octanol–water partition coefficient (Wildman–Crippen LogP) is 1.62. The van der Waals surface area contributed by atoms with Crippen molar-refractivity contribution < 1.29 is 14.6 Å². The summed E-state index contributed by atoms with van der Waals surface area (Å²) in [6.45, 7) is 6.53. The lowest BCUT2D eigenvalue weighted by Gasteiger charge is -2.25. The van der Waals surface area contributed by atoms with Crippen LogP contribution in [0.25, 0.3) is 10.9 Å². The number of pyridine rings is 1. The van der Waals surface area contributed by atoms with E-state index in [-0.39, 0.29) is 12.2 Å². The molecule has 8 heteroatoms. The lowest BCUT2D eigenvalue weighted by atomic mass is 10.1. The average molecular weight is 391 g/mol. The Labute approximate surface area is 163 Å². The zero-order valence-corrected chi connectivity index (χ0v) is 16.4. The van der Waals surface area contributed by atoms with Crippen LogP contribution in [0.4, 0.5) is 0 Å². The molecular formula is C19H25N3O4S. The highest BCUT2D eigenvalue weighted by molar-refractivity contribution is 7.80. The van der Waals surface area contributed by atoms with Crippen LogP contribution in [0.15, 0.2) is 23.0 Å². The molecule has 3 rings (SSSR count). The van der Waals surface area contributed by atoms with Gasteiger partial charge in [-0.15, -0.1) is 0 Å². The molecule has 2 heterocycles. The van der Waals surface area contributed by atoms with Gasteiger partial charge in [0.1, 0.15) is 13.2 Å². The molecule has 3 N–H and O–H groups in total. The van der Waals surface area contributed by atoms with Crippen LogP contribution < -0.4 is 20.3 Å². The van der Waals surface area contributed by atoms with Gasteiger partial charge in [0.2, 0.25) is 0 Å². The van der Waals surface area contributed by atoms with Gasteiger partial charge < -0.3 is 29.8 Å². The first-order valence-corrected chi connectivity index (χ1v) is 9.48. The van der Waals surface area contributed by atoms with Gasteiger partial charge in [-0.1, -0.05) is 13.8 Å². The van der Waals surface area contributed by atoms with Crippen LogP contribution in [0.1, 0.15) is 19.4 Å². The molecule has 0 saturated carbocycles. The molecule has 0 unspecified atom stereocenters. The van der Waals surface area contributed by atoms with Gasteiger partial charge in [0, 0.05) is 30.1 Å². The number of H-pyrrole nitrogens is 1. The topological polar surface area (TPSA) is 86.8 Å². The fourth-order valence-electron chi connectivity index (χ4n) is 2.89. The lowest BCUT2D eigenvalue weighted by molar-refractivity contribution is 0.172. The van der Waals surface area contributed by atoms with Crippen LogP contribution in [0.2, 0.25) is 0 Å². The summed E-state index contributed by atoms with van der Waals surface area (Å²) in [5.41, 5.74) is 1.08. The second-order valence-corrected chi connectivity index (χ2v) is 7.32. The number of aromatic amines is 1. The van der Waals surface area contributed by atoms with Crippen LogP contribution in [-0.4, -0.2) is 53.0 Å². The Balaban J connectivity index is 1.86. The van der Waals surface area contributed by atoms with E-state index in [0.717, 1.165) is 11.9 Å². The van der Waals surface area contributed by atoms with E-state index in [9.17, 15) is 9.90 Å². The van der Waals surface area contributed by atoms with Gasteiger partial charge in [-0.3, -0.25) is 4.79 Å². The highest BCUT2D eigenvalue weighted by atomic mass is 32.1. The van der Waals surface area contributed by atoms with Crippen molar-refractivity contribution in [2.75, 3.05) is 32.9 Å². The number of aromatic nitrogens is 1. The summed E-state index contributed by atoms with van der Waals surface area (Å²) in [6.07, 6.45) is 0. The van der Waals surface area contributed by atoms with E-state index in [4.69, 9.17) is 21.7 Å². The van der Waals surface area contributed by atoms with Gasteiger partial charge in [0.15, 0.2) is 16.6 Å². The maximum atomic E-state index is 12.5. The third-order valence-electron chi connectivity index (χ3n) is 4.26. The smallest absolute Gasteiger partial charge is 0.253 e. The summed E-state index contributed by atoms with van der Waals surface area (Å²) in [6, 6.07) is 5.49. The zero-order chi connectivity index (χ0) is 19.4. The van der Waals surface area contributed by atoms with E-state index in [1.165, 1.54) is 0 Å². The SMILES string of the molecule is CC(C)CNC(=S)N(CCO)Cc1cc2cc3c(cc2[nH]c1=O)OCCO3. The highest BCUT2D eigenvalue weighted by Crippen LogP contribution is 2.33. The fourth-order valence-corrected chi connectivity index (χ4v) is 3.13. The Morgan fingerprint density at radius 2 is 2.00 bits per heavy atom. The molecule has 0 amide bonds. The summed E-state index contributed by atoms with van der Waals surface area (Å²) in [5, 5.41) is 13.9. The second-order valence-electron chi connectivity index (χ2n) is 6.93. The minimum atomic E-state index is -0.186. The summed E-state index contributed by atoms with van der Waals surface area (Å²) in [4.78, 5) is 17.2. The Hall–Kier alpha value is -2.32. The Morgan fingerprint density at radius 3 is 2.67 bits per heavy atom. The largest absolute Gasteiger partial charge is 0.486 e. The number of aliphatic hydroxyl groups is 1. The number of nitrogens with zero attached hydrogens (tertiary/aromatic N) is 1. The monoisotopic (exact) mass is 391 g/mol. The number of benzene rings is 1. The lowest BCUT2D eigenvalue weighted by Crippen LogP contribution is -2.43. The Kier molecular flexibility index (Phi) is 6.18. The van der Waals surface area contributed by atoms with Crippen molar-refractivity contribution in [1.29, 1.82) is 0 Å². The molecule has 0 bridgehead atoms. The molecule has 0 aliphatic carbocycles. The van der Waals surface area contributed by atoms with Gasteiger partial charge in [-0.25, -0.2) is 0 Å². The van der Waals surface area contributed by atoms with Gasteiger partial charge in [0.05, 0.1) is 18.7 Å². The number of rotatable bonds is 6. The van der Waals surface area contributed by atoms with Crippen LogP contribution in [0.5, 0.6) is 11.5 Å². The number of hydrogen-bond acceptors (Lipinski definition) is 5. The van der Waals surface area contributed by atoms with E-state index >= 15 is 0 Å². The van der Waals surface area contributed by atoms with Crippen molar-refractivity contribution in [1.82, 2.24) is 15.2 Å². The number of aliphatic hydroxyl groups excluding tert-OH is 1. The molecule has 27 heavy (non-hydrogen) atoms. The number of nitrogens with one attached hydrogen (secondary N) is 2. The summed E-state index contributed by atoms with van der Waals surface area (Å²) < 4.78 is 11.2. The highest BCUT2D eigenvalue weighted by Gasteiger charge is 2.16. The van der Waals surface area contributed by atoms with Crippen molar-refractivity contribution >= 4 is 28.2 Å². The Morgan fingerprint density at radius 1 is 1.30 bits per heavy atom. The van der Waals surface area contributed by atoms with Crippen molar-refractivity contribution in [3.05, 3.63) is 34.1 Å². The maximum absolute atomic E-state index is 12.5. The first-order valence-electron chi connectivity index (χ1n) is 9.07. The van der Waals surface area contributed by atoms with Crippen molar-refractivity contribution in [3.8, 4) is 11.5 Å². The normalized spacial score (nSPS) is 13.0. The predicted molar refractivity (Wildman–Crippen MR) is 108 cm³/mol. The van der Waals surface area contributed by atoms with Crippen LogP contribution in [0, 0.1) is 5.92 Å². The number of fused-ring (bicyclic) bond motifs is 2. The summed E-state index contributed by atoms with van der Waals surface area (Å²) in [7, 11) is 0. The van der Waals surface area contributed by atoms with Crippen LogP contribution in [0.3, 0.4) is 0 Å². The van der Waals surface area contributed by atoms with Crippen molar-refractivity contribution in [3.63, 3.8) is 0 Å². The van der Waals surface area contributed by atoms with E-state index in [1.54, 1.807) is 11.0 Å². The molecule has 1 aliphatic rings. The van der Waals surface area contributed by atoms with Crippen molar-refractivity contribution in [2.45, 2.75) is 20.4 Å². The van der Waals surface area contributed by atoms with Crippen LogP contribution >= 0.6 is 12.2 Å². The minimum Gasteiger partial charge on any atom is -0.486 e. The number of ether oxygens (including phenoxy) is 2. The average Bonchev–Trinajstić information content (AvgIpc) is 2.64. The van der Waals surface area contributed by atoms with Crippen LogP contribution in [-0.2, 0) is 6.54 Å². The number of thiocarbonyl (C=S) groups is 1. The zero-order valence-electron chi connectivity index (χ0n) is 15.6. The molecule has 2 aromatic rings. The summed E-state index contributed by atoms with van der Waals surface area (Å²) >= 11 is 5.43. The molecule has 7 nitrogen and oxygen atoms in total. The first kappa shape index (κ1) is 19.4. The van der Waals surface area contributed by atoms with Gasteiger partial charge in [0.25, 0.3) is 5.56 Å². The minimum absolute atomic E-state index is 0.0479. The van der Waals surface area contributed by atoms with Gasteiger partial charge in [-0.05, 0) is 30.3 Å². The van der Waals surface area contributed by atoms with E-state index in [0.29, 0.717) is 59.9 Å². The number of hydrogen-bond donors (Lipinski definition) is 3. The summed E-state index contributed by atoms with van der Waals surface area (Å²) in [5.74, 6) is 1.75. The third kappa shape index (κ3) is 4.70. The molecule has 0 spiro atoms. The van der Waals surface area contributed by atoms with Crippen molar-refractivity contribution in [2.24, 2.45) is 5.92 Å². The maximum Gasteiger partial charge on any atom is 0.253 e. The van der Waals surface area contributed by atoms with Gasteiger partial charge in [-0.2, -0.15) is 0 Å². The fraction of sp³-hybridized carbons (Fsp3) is 0.474. The van der Waals surface area contributed by atoms with Gasteiger partial charge >= 0.3 is 0 Å².